The standard InChI is InChI=1S/C18H20ClN5/c1-4-15-16(19)22-17(13-8-6-5-7-9-13)23-18(15)20-10-14-11-21-24(3)12(14)2/h5-9,11H,4,10H2,1-3H3,(H,20,22,23). The van der Waals surface area contributed by atoms with Crippen LogP contribution >= 0.6 is 11.6 Å². The third-order valence-electron chi connectivity index (χ3n) is 4.13. The highest BCUT2D eigenvalue weighted by Crippen LogP contribution is 2.26. The molecule has 24 heavy (non-hydrogen) atoms. The van der Waals surface area contributed by atoms with Gasteiger partial charge in [0.2, 0.25) is 0 Å². The van der Waals surface area contributed by atoms with Crippen LogP contribution in [0.1, 0.15) is 23.7 Å². The molecule has 124 valence electrons. The molecule has 0 spiro atoms. The van der Waals surface area contributed by atoms with Crippen molar-refractivity contribution >= 4 is 17.4 Å². The number of nitrogens with one attached hydrogen (secondary N) is 1. The molecule has 0 saturated carbocycles. The molecule has 0 radical (unpaired) electrons. The molecule has 1 aromatic carbocycles. The van der Waals surface area contributed by atoms with E-state index in [0.29, 0.717) is 17.5 Å². The second kappa shape index (κ2) is 7.01. The summed E-state index contributed by atoms with van der Waals surface area (Å²) in [6.45, 7) is 4.74. The molecule has 3 rings (SSSR count). The van der Waals surface area contributed by atoms with E-state index in [0.717, 1.165) is 34.6 Å². The summed E-state index contributed by atoms with van der Waals surface area (Å²) in [5.74, 6) is 1.41. The van der Waals surface area contributed by atoms with Crippen molar-refractivity contribution in [1.82, 2.24) is 19.7 Å². The van der Waals surface area contributed by atoms with E-state index in [2.05, 4.69) is 15.4 Å². The van der Waals surface area contributed by atoms with E-state index in [1.54, 1.807) is 0 Å². The topological polar surface area (TPSA) is 55.6 Å². The number of benzene rings is 1. The SMILES string of the molecule is CCc1c(Cl)nc(-c2ccccc2)nc1NCc1cnn(C)c1C. The number of aryl methyl sites for hydroxylation is 1. The molecule has 0 unspecified atom stereocenters. The maximum atomic E-state index is 6.39. The van der Waals surface area contributed by atoms with E-state index in [-0.39, 0.29) is 0 Å². The first-order valence-corrected chi connectivity index (χ1v) is 8.31. The minimum absolute atomic E-state index is 0.497. The Kier molecular flexibility index (Phi) is 4.81. The molecular weight excluding hydrogens is 322 g/mol. The van der Waals surface area contributed by atoms with Crippen LogP contribution in [-0.4, -0.2) is 19.7 Å². The fraction of sp³-hybridized carbons (Fsp3) is 0.278. The van der Waals surface area contributed by atoms with Gasteiger partial charge in [-0.05, 0) is 13.3 Å². The maximum Gasteiger partial charge on any atom is 0.163 e. The molecule has 0 aliphatic heterocycles. The Morgan fingerprint density at radius 2 is 1.92 bits per heavy atom. The number of hydrogen-bond acceptors (Lipinski definition) is 4. The monoisotopic (exact) mass is 341 g/mol. The lowest BCUT2D eigenvalue weighted by Crippen LogP contribution is -2.08. The van der Waals surface area contributed by atoms with Gasteiger partial charge >= 0.3 is 0 Å². The van der Waals surface area contributed by atoms with Crippen molar-refractivity contribution in [2.75, 3.05) is 5.32 Å². The fourth-order valence-electron chi connectivity index (χ4n) is 2.53. The second-order valence-corrected chi connectivity index (χ2v) is 5.98. The quantitative estimate of drug-likeness (QED) is 0.712. The van der Waals surface area contributed by atoms with Crippen LogP contribution in [0.3, 0.4) is 0 Å². The van der Waals surface area contributed by atoms with Crippen molar-refractivity contribution < 1.29 is 0 Å². The van der Waals surface area contributed by atoms with Gasteiger partial charge in [-0.2, -0.15) is 5.10 Å². The van der Waals surface area contributed by atoms with Gasteiger partial charge in [0.15, 0.2) is 5.82 Å². The Morgan fingerprint density at radius 3 is 2.54 bits per heavy atom. The molecule has 6 heteroatoms. The van der Waals surface area contributed by atoms with E-state index in [1.165, 1.54) is 0 Å². The lowest BCUT2D eigenvalue weighted by molar-refractivity contribution is 0.738. The van der Waals surface area contributed by atoms with Crippen molar-refractivity contribution in [2.45, 2.75) is 26.8 Å². The Hall–Kier alpha value is -2.40. The molecule has 3 aromatic rings. The van der Waals surface area contributed by atoms with Gasteiger partial charge in [0.25, 0.3) is 0 Å². The second-order valence-electron chi connectivity index (χ2n) is 5.62. The number of halogens is 1. The Balaban J connectivity index is 1.93. The van der Waals surface area contributed by atoms with Gasteiger partial charge in [-0.25, -0.2) is 9.97 Å². The Labute approximate surface area is 146 Å². The normalized spacial score (nSPS) is 10.8. The van der Waals surface area contributed by atoms with Crippen molar-refractivity contribution in [3.63, 3.8) is 0 Å². The van der Waals surface area contributed by atoms with Crippen LogP contribution in [0.15, 0.2) is 36.5 Å². The van der Waals surface area contributed by atoms with Crippen molar-refractivity contribution in [2.24, 2.45) is 7.05 Å². The highest BCUT2D eigenvalue weighted by atomic mass is 35.5. The van der Waals surface area contributed by atoms with Crippen molar-refractivity contribution in [1.29, 1.82) is 0 Å². The summed E-state index contributed by atoms with van der Waals surface area (Å²) in [6.07, 6.45) is 2.64. The summed E-state index contributed by atoms with van der Waals surface area (Å²) in [4.78, 5) is 9.14. The molecule has 0 fully saturated rings. The summed E-state index contributed by atoms with van der Waals surface area (Å²) in [7, 11) is 1.94. The highest BCUT2D eigenvalue weighted by molar-refractivity contribution is 6.30. The number of hydrogen-bond donors (Lipinski definition) is 1. The van der Waals surface area contributed by atoms with Gasteiger partial charge in [-0.3, -0.25) is 4.68 Å². The third-order valence-corrected chi connectivity index (χ3v) is 4.44. The first kappa shape index (κ1) is 16.5. The fourth-order valence-corrected chi connectivity index (χ4v) is 2.83. The van der Waals surface area contributed by atoms with Gasteiger partial charge in [0, 0.05) is 36.0 Å². The molecule has 0 aliphatic rings. The molecule has 0 amide bonds. The average Bonchev–Trinajstić information content (AvgIpc) is 2.92. The van der Waals surface area contributed by atoms with Gasteiger partial charge in [-0.1, -0.05) is 48.9 Å². The number of nitrogens with zero attached hydrogens (tertiary/aromatic N) is 4. The summed E-state index contributed by atoms with van der Waals surface area (Å²) in [6, 6.07) is 9.85. The summed E-state index contributed by atoms with van der Waals surface area (Å²) in [5, 5.41) is 8.17. The van der Waals surface area contributed by atoms with Crippen LogP contribution in [-0.2, 0) is 20.0 Å². The predicted octanol–water partition coefficient (Wildman–Crippen LogP) is 4.01. The molecule has 0 saturated heterocycles. The van der Waals surface area contributed by atoms with E-state index in [4.69, 9.17) is 16.6 Å². The molecule has 2 aromatic heterocycles. The molecule has 1 N–H and O–H groups in total. The van der Waals surface area contributed by atoms with Crippen molar-refractivity contribution in [3.8, 4) is 11.4 Å². The van der Waals surface area contributed by atoms with Gasteiger partial charge in [0.05, 0.1) is 6.20 Å². The number of rotatable bonds is 5. The van der Waals surface area contributed by atoms with Crippen LogP contribution < -0.4 is 5.32 Å². The minimum Gasteiger partial charge on any atom is -0.365 e. The molecule has 0 bridgehead atoms. The first-order chi connectivity index (χ1) is 11.6. The van der Waals surface area contributed by atoms with Crippen LogP contribution in [0.4, 0.5) is 5.82 Å². The van der Waals surface area contributed by atoms with E-state index >= 15 is 0 Å². The summed E-state index contributed by atoms with van der Waals surface area (Å²) >= 11 is 6.39. The van der Waals surface area contributed by atoms with E-state index in [9.17, 15) is 0 Å². The van der Waals surface area contributed by atoms with Crippen LogP contribution in [0.2, 0.25) is 5.15 Å². The predicted molar refractivity (Wildman–Crippen MR) is 97.1 cm³/mol. The van der Waals surface area contributed by atoms with Gasteiger partial charge < -0.3 is 5.32 Å². The van der Waals surface area contributed by atoms with E-state index < -0.39 is 0 Å². The van der Waals surface area contributed by atoms with E-state index in [1.807, 2.05) is 62.1 Å². The zero-order valence-electron chi connectivity index (χ0n) is 14.0. The highest BCUT2D eigenvalue weighted by Gasteiger charge is 2.13. The molecule has 2 heterocycles. The molecule has 0 aliphatic carbocycles. The molecule has 5 nitrogen and oxygen atoms in total. The zero-order chi connectivity index (χ0) is 17.1. The maximum absolute atomic E-state index is 6.39. The van der Waals surface area contributed by atoms with Gasteiger partial charge in [-0.15, -0.1) is 0 Å². The number of anilines is 1. The Bertz CT molecular complexity index is 842. The number of aromatic nitrogens is 4. The first-order valence-electron chi connectivity index (χ1n) is 7.93. The average molecular weight is 342 g/mol. The van der Waals surface area contributed by atoms with Gasteiger partial charge in [0.1, 0.15) is 11.0 Å². The third kappa shape index (κ3) is 3.26. The van der Waals surface area contributed by atoms with Crippen molar-refractivity contribution in [3.05, 3.63) is 58.5 Å². The van der Waals surface area contributed by atoms with Crippen LogP contribution in [0, 0.1) is 6.92 Å². The summed E-state index contributed by atoms with van der Waals surface area (Å²) < 4.78 is 1.86. The summed E-state index contributed by atoms with van der Waals surface area (Å²) in [5.41, 5.74) is 4.14. The smallest absolute Gasteiger partial charge is 0.163 e. The van der Waals surface area contributed by atoms with Crippen LogP contribution in [0.25, 0.3) is 11.4 Å². The molecular formula is C18H20ClN5. The lowest BCUT2D eigenvalue weighted by Gasteiger charge is -2.13. The Morgan fingerprint density at radius 1 is 1.17 bits per heavy atom. The minimum atomic E-state index is 0.497. The zero-order valence-corrected chi connectivity index (χ0v) is 14.8. The lowest BCUT2D eigenvalue weighted by atomic mass is 10.2. The largest absolute Gasteiger partial charge is 0.365 e. The molecule has 0 atom stereocenters. The van der Waals surface area contributed by atoms with Crippen LogP contribution in [0.5, 0.6) is 0 Å².